The molecule has 9 nitrogen and oxygen atoms in total. The van der Waals surface area contributed by atoms with E-state index >= 15 is 0 Å². The van der Waals surface area contributed by atoms with Gasteiger partial charge in [0.2, 0.25) is 0 Å². The fourth-order valence-electron chi connectivity index (χ4n) is 9.43. The standard InChI is InChI=1S/C69H126NO8P/c1-6-8-10-12-14-16-18-20-22-23-24-25-26-27-28-29-30-31-32-33-34-35-36-37-38-39-40-41-42-43-44-45-46-47-48-50-52-54-56-58-60-62-69(72)78-67(66-77-79(73,74)76-64-63-70(3,4)5)65-75-68(71)61-59-57-55-53-51-49-21-19-17-15-13-11-9-7-2/h8,10,14,16,20,22,24-25,27-28,30-31,67H,6-7,9,11-13,15,17-19,21,23,26,29,32-66H2,1-5H3/b10-8-,16-14-,22-20-,25-24-,28-27-,31-30-. The number of carbonyl (C=O) groups is 2. The summed E-state index contributed by atoms with van der Waals surface area (Å²) in [7, 11) is 1.18. The molecule has 0 aromatic heterocycles. The van der Waals surface area contributed by atoms with Crippen LogP contribution in [0.4, 0.5) is 0 Å². The van der Waals surface area contributed by atoms with Crippen LogP contribution < -0.4 is 4.89 Å². The number of phosphoric acid groups is 1. The molecule has 0 heterocycles. The molecule has 0 bridgehead atoms. The average Bonchev–Trinajstić information content (AvgIpc) is 3.41. The van der Waals surface area contributed by atoms with Gasteiger partial charge < -0.3 is 27.9 Å². The van der Waals surface area contributed by atoms with E-state index < -0.39 is 26.5 Å². The van der Waals surface area contributed by atoms with Crippen molar-refractivity contribution in [3.8, 4) is 0 Å². The van der Waals surface area contributed by atoms with Crippen LogP contribution in [0.15, 0.2) is 72.9 Å². The van der Waals surface area contributed by atoms with Crippen LogP contribution in [0.1, 0.15) is 303 Å². The molecule has 0 rings (SSSR count). The maximum absolute atomic E-state index is 12.8. The fourth-order valence-corrected chi connectivity index (χ4v) is 10.2. The molecule has 0 spiro atoms. The SMILES string of the molecule is CC/C=C\C/C=C\C/C=C\C/C=C\C/C=C\C/C=C\CCCCCCCCCCCCCCCCCCCCCCCCC(=O)OC(COC(=O)CCCCCCCCCCCCCCCC)COP(=O)([O-])OCC[N+](C)(C)C. The van der Waals surface area contributed by atoms with E-state index in [0.29, 0.717) is 17.4 Å². The molecular weight excluding hydrogens is 1000 g/mol. The quantitative estimate of drug-likeness (QED) is 0.0195. The lowest BCUT2D eigenvalue weighted by atomic mass is 10.0. The molecule has 2 unspecified atom stereocenters. The third kappa shape index (κ3) is 64.5. The van der Waals surface area contributed by atoms with E-state index in [-0.39, 0.29) is 32.0 Å². The van der Waals surface area contributed by atoms with Crippen LogP contribution in [0.25, 0.3) is 0 Å². The van der Waals surface area contributed by atoms with E-state index in [9.17, 15) is 19.0 Å². The summed E-state index contributed by atoms with van der Waals surface area (Å²) in [5.41, 5.74) is 0. The van der Waals surface area contributed by atoms with E-state index in [0.717, 1.165) is 70.6 Å². The first-order valence-electron chi connectivity index (χ1n) is 33.1. The number of phosphoric ester groups is 1. The molecule has 0 N–H and O–H groups in total. The van der Waals surface area contributed by atoms with E-state index in [1.807, 2.05) is 21.1 Å². The number of hydrogen-bond acceptors (Lipinski definition) is 8. The number of hydrogen-bond donors (Lipinski definition) is 0. The van der Waals surface area contributed by atoms with Crippen LogP contribution in [-0.4, -0.2) is 70.0 Å². The maximum atomic E-state index is 12.8. The van der Waals surface area contributed by atoms with Crippen LogP contribution in [-0.2, 0) is 32.7 Å². The first kappa shape index (κ1) is 76.5. The van der Waals surface area contributed by atoms with Crippen LogP contribution in [0.2, 0.25) is 0 Å². The second-order valence-corrected chi connectivity index (χ2v) is 24.9. The second kappa shape index (κ2) is 60.1. The molecule has 0 aliphatic heterocycles. The lowest BCUT2D eigenvalue weighted by Crippen LogP contribution is -2.37. The molecule has 0 radical (unpaired) electrons. The van der Waals surface area contributed by atoms with Gasteiger partial charge in [-0.1, -0.05) is 299 Å². The van der Waals surface area contributed by atoms with Crippen molar-refractivity contribution in [2.24, 2.45) is 0 Å². The lowest BCUT2D eigenvalue weighted by molar-refractivity contribution is -0.870. The lowest BCUT2D eigenvalue weighted by Gasteiger charge is -2.28. The monoisotopic (exact) mass is 1130 g/mol. The van der Waals surface area contributed by atoms with Crippen molar-refractivity contribution >= 4 is 19.8 Å². The largest absolute Gasteiger partial charge is 0.756 e. The molecule has 0 aliphatic rings. The fraction of sp³-hybridized carbons (Fsp3) is 0.797. The third-order valence-corrected chi connectivity index (χ3v) is 15.5. The van der Waals surface area contributed by atoms with Crippen molar-refractivity contribution in [3.05, 3.63) is 72.9 Å². The molecule has 0 aliphatic carbocycles. The number of rotatable bonds is 61. The summed E-state index contributed by atoms with van der Waals surface area (Å²) in [6.07, 6.45) is 79.9. The third-order valence-electron chi connectivity index (χ3n) is 14.5. The Morgan fingerprint density at radius 2 is 0.722 bits per heavy atom. The van der Waals surface area contributed by atoms with Crippen molar-refractivity contribution in [2.45, 2.75) is 309 Å². The number of unbranched alkanes of at least 4 members (excludes halogenated alkanes) is 35. The Balaban J connectivity index is 3.89. The zero-order valence-electron chi connectivity index (χ0n) is 52.3. The Kier molecular flexibility index (Phi) is 58.1. The number of carbonyl (C=O) groups excluding carboxylic acids is 2. The highest BCUT2D eigenvalue weighted by Crippen LogP contribution is 2.38. The molecular formula is C69H126NO8P. The van der Waals surface area contributed by atoms with Crippen LogP contribution in [0.5, 0.6) is 0 Å². The molecule has 2 atom stereocenters. The molecule has 0 saturated carbocycles. The minimum Gasteiger partial charge on any atom is -0.756 e. The van der Waals surface area contributed by atoms with E-state index in [4.69, 9.17) is 18.5 Å². The van der Waals surface area contributed by atoms with Gasteiger partial charge in [-0.3, -0.25) is 14.2 Å². The minimum absolute atomic E-state index is 0.0288. The molecule has 10 heteroatoms. The van der Waals surface area contributed by atoms with Gasteiger partial charge in [-0.05, 0) is 64.2 Å². The average molecular weight is 1130 g/mol. The highest BCUT2D eigenvalue weighted by atomic mass is 31.2. The number of allylic oxidation sites excluding steroid dienone is 12. The smallest absolute Gasteiger partial charge is 0.306 e. The van der Waals surface area contributed by atoms with Gasteiger partial charge >= 0.3 is 11.9 Å². The van der Waals surface area contributed by atoms with Crippen molar-refractivity contribution in [1.82, 2.24) is 0 Å². The molecule has 0 fully saturated rings. The first-order chi connectivity index (χ1) is 38.5. The summed E-state index contributed by atoms with van der Waals surface area (Å²) in [5.74, 6) is -0.818. The van der Waals surface area contributed by atoms with Gasteiger partial charge in [0.25, 0.3) is 7.82 Å². The van der Waals surface area contributed by atoms with Crippen LogP contribution in [0.3, 0.4) is 0 Å². The maximum Gasteiger partial charge on any atom is 0.306 e. The summed E-state index contributed by atoms with van der Waals surface area (Å²) in [6.45, 7) is 4.16. The van der Waals surface area contributed by atoms with Gasteiger partial charge in [0.1, 0.15) is 19.8 Å². The highest BCUT2D eigenvalue weighted by molar-refractivity contribution is 7.45. The molecule has 460 valence electrons. The normalized spacial score (nSPS) is 13.6. The Hall–Kier alpha value is -2.55. The van der Waals surface area contributed by atoms with Crippen molar-refractivity contribution in [1.29, 1.82) is 0 Å². The minimum atomic E-state index is -4.63. The van der Waals surface area contributed by atoms with Crippen molar-refractivity contribution < 1.29 is 42.1 Å². The summed E-state index contributed by atoms with van der Waals surface area (Å²) in [5, 5.41) is 0. The topological polar surface area (TPSA) is 111 Å². The number of nitrogens with zero attached hydrogens (tertiary/aromatic N) is 1. The van der Waals surface area contributed by atoms with Gasteiger partial charge in [-0.2, -0.15) is 0 Å². The van der Waals surface area contributed by atoms with E-state index in [1.54, 1.807) is 0 Å². The van der Waals surface area contributed by atoms with Gasteiger partial charge in [0, 0.05) is 12.8 Å². The molecule has 0 aromatic rings. The van der Waals surface area contributed by atoms with Gasteiger partial charge in [0.15, 0.2) is 6.10 Å². The Labute approximate surface area is 489 Å². The Morgan fingerprint density at radius 1 is 0.405 bits per heavy atom. The van der Waals surface area contributed by atoms with E-state index in [2.05, 4.69) is 86.8 Å². The molecule has 79 heavy (non-hydrogen) atoms. The molecule has 0 aromatic carbocycles. The van der Waals surface area contributed by atoms with Crippen molar-refractivity contribution in [3.63, 3.8) is 0 Å². The summed E-state index contributed by atoms with van der Waals surface area (Å²) in [4.78, 5) is 37.9. The second-order valence-electron chi connectivity index (χ2n) is 23.5. The summed E-state index contributed by atoms with van der Waals surface area (Å²) in [6, 6.07) is 0. The van der Waals surface area contributed by atoms with Crippen molar-refractivity contribution in [2.75, 3.05) is 47.5 Å². The predicted octanol–water partition coefficient (Wildman–Crippen LogP) is 20.6. The summed E-state index contributed by atoms with van der Waals surface area (Å²) < 4.78 is 34.2. The summed E-state index contributed by atoms with van der Waals surface area (Å²) >= 11 is 0. The Morgan fingerprint density at radius 3 is 1.08 bits per heavy atom. The highest BCUT2D eigenvalue weighted by Gasteiger charge is 2.22. The zero-order chi connectivity index (χ0) is 57.7. The number of likely N-dealkylation sites (N-methyl/N-ethyl adjacent to an activating group) is 1. The molecule has 0 amide bonds. The number of quaternary nitrogens is 1. The molecule has 0 saturated heterocycles. The van der Waals surface area contributed by atoms with Gasteiger partial charge in [-0.15, -0.1) is 0 Å². The Bertz CT molecular complexity index is 1560. The first-order valence-corrected chi connectivity index (χ1v) is 34.6. The van der Waals surface area contributed by atoms with Gasteiger partial charge in [-0.25, -0.2) is 0 Å². The van der Waals surface area contributed by atoms with E-state index in [1.165, 1.54) is 199 Å². The zero-order valence-corrected chi connectivity index (χ0v) is 53.2. The number of esters is 2. The van der Waals surface area contributed by atoms with Crippen LogP contribution >= 0.6 is 7.82 Å². The van der Waals surface area contributed by atoms with Gasteiger partial charge in [0.05, 0.1) is 27.7 Å². The predicted molar refractivity (Wildman–Crippen MR) is 337 cm³/mol. The van der Waals surface area contributed by atoms with Crippen LogP contribution in [0, 0.1) is 0 Å². The number of ether oxygens (including phenoxy) is 2.